The van der Waals surface area contributed by atoms with Crippen LogP contribution in [0.2, 0.25) is 0 Å². The standard InChI is InChI=1S/C26H23BrNO3PS/c1-20-12-18-25(19-13-20)33(30,31)28-26(21-14-16-22(27)17-15-21)32(29,23-8-4-2-5-9-23)24-10-6-3-7-11-24/h2-19,26,28H,1H3. The first-order valence-corrected chi connectivity index (χ1v) is 14.4. The Balaban J connectivity index is 1.93. The maximum absolute atomic E-state index is 15.0. The summed E-state index contributed by atoms with van der Waals surface area (Å²) >= 11 is 3.43. The average Bonchev–Trinajstić information content (AvgIpc) is 2.84. The zero-order chi connectivity index (χ0) is 23.5. The van der Waals surface area contributed by atoms with Crippen molar-refractivity contribution in [3.8, 4) is 0 Å². The van der Waals surface area contributed by atoms with Crippen LogP contribution in [0.4, 0.5) is 0 Å². The quantitative estimate of drug-likeness (QED) is 0.304. The fraction of sp³-hybridized carbons (Fsp3) is 0.0769. The number of nitrogens with one attached hydrogen (secondary N) is 1. The van der Waals surface area contributed by atoms with Gasteiger partial charge in [0.1, 0.15) is 5.78 Å². The number of benzene rings is 4. The molecule has 0 radical (unpaired) electrons. The van der Waals surface area contributed by atoms with Gasteiger partial charge >= 0.3 is 0 Å². The molecule has 0 bridgehead atoms. The van der Waals surface area contributed by atoms with Gasteiger partial charge in [-0.2, -0.15) is 4.72 Å². The average molecular weight is 540 g/mol. The van der Waals surface area contributed by atoms with Crippen molar-refractivity contribution >= 4 is 43.7 Å². The lowest BCUT2D eigenvalue weighted by atomic mass is 10.2. The fourth-order valence-corrected chi connectivity index (χ4v) is 8.73. The molecule has 0 aliphatic rings. The zero-order valence-electron chi connectivity index (χ0n) is 17.9. The van der Waals surface area contributed by atoms with Gasteiger partial charge in [-0.1, -0.05) is 106 Å². The second kappa shape index (κ2) is 9.78. The molecule has 4 aromatic carbocycles. The molecule has 7 heteroatoms. The van der Waals surface area contributed by atoms with E-state index in [1.165, 1.54) is 0 Å². The summed E-state index contributed by atoms with van der Waals surface area (Å²) in [5, 5.41) is 1.16. The van der Waals surface area contributed by atoms with Crippen LogP contribution in [0.5, 0.6) is 0 Å². The Morgan fingerprint density at radius 3 is 1.70 bits per heavy atom. The summed E-state index contributed by atoms with van der Waals surface area (Å²) in [7, 11) is -7.47. The third kappa shape index (κ3) is 5.04. The minimum absolute atomic E-state index is 0.128. The van der Waals surface area contributed by atoms with E-state index in [4.69, 9.17) is 0 Å². The Morgan fingerprint density at radius 2 is 1.21 bits per heavy atom. The zero-order valence-corrected chi connectivity index (χ0v) is 21.2. The minimum Gasteiger partial charge on any atom is -0.312 e. The van der Waals surface area contributed by atoms with Crippen LogP contribution in [-0.4, -0.2) is 8.42 Å². The maximum Gasteiger partial charge on any atom is 0.241 e. The molecule has 0 aromatic heterocycles. The molecule has 0 aliphatic carbocycles. The van der Waals surface area contributed by atoms with Gasteiger partial charge in [0.25, 0.3) is 0 Å². The van der Waals surface area contributed by atoms with Crippen LogP contribution in [0.25, 0.3) is 0 Å². The van der Waals surface area contributed by atoms with E-state index in [0.717, 1.165) is 10.0 Å². The van der Waals surface area contributed by atoms with Crippen LogP contribution in [0.3, 0.4) is 0 Å². The molecule has 1 unspecified atom stereocenters. The highest BCUT2D eigenvalue weighted by Crippen LogP contribution is 2.56. The highest BCUT2D eigenvalue weighted by molar-refractivity contribution is 9.10. The topological polar surface area (TPSA) is 63.2 Å². The summed E-state index contributed by atoms with van der Waals surface area (Å²) < 4.78 is 45.6. The molecule has 0 amide bonds. The molecule has 0 saturated heterocycles. The molecule has 4 nitrogen and oxygen atoms in total. The van der Waals surface area contributed by atoms with E-state index in [1.54, 1.807) is 60.7 Å². The fourth-order valence-electron chi connectivity index (χ4n) is 3.68. The summed E-state index contributed by atoms with van der Waals surface area (Å²) in [6.07, 6.45) is 0. The molecule has 4 aromatic rings. The van der Waals surface area contributed by atoms with Crippen molar-refractivity contribution in [2.24, 2.45) is 0 Å². The lowest BCUT2D eigenvalue weighted by molar-refractivity contribution is 0.560. The van der Waals surface area contributed by atoms with Crippen molar-refractivity contribution < 1.29 is 13.0 Å². The number of halogens is 1. The van der Waals surface area contributed by atoms with E-state index in [9.17, 15) is 8.42 Å². The molecule has 0 aliphatic heterocycles. The number of sulfonamides is 1. The molecule has 0 spiro atoms. The molecular weight excluding hydrogens is 517 g/mol. The van der Waals surface area contributed by atoms with Gasteiger partial charge in [0.05, 0.1) is 4.90 Å². The van der Waals surface area contributed by atoms with Crippen LogP contribution in [0, 0.1) is 6.92 Å². The van der Waals surface area contributed by atoms with Crippen LogP contribution < -0.4 is 15.3 Å². The number of hydrogen-bond donors (Lipinski definition) is 1. The van der Waals surface area contributed by atoms with Crippen LogP contribution in [0.15, 0.2) is 119 Å². The van der Waals surface area contributed by atoms with Crippen molar-refractivity contribution in [3.63, 3.8) is 0 Å². The smallest absolute Gasteiger partial charge is 0.241 e. The molecule has 1 N–H and O–H groups in total. The molecule has 0 heterocycles. The second-order valence-electron chi connectivity index (χ2n) is 7.72. The second-order valence-corrected chi connectivity index (χ2v) is 13.2. The first kappa shape index (κ1) is 23.7. The largest absolute Gasteiger partial charge is 0.312 e. The lowest BCUT2D eigenvalue weighted by Gasteiger charge is -2.30. The Kier molecular flexibility index (Phi) is 7.01. The normalized spacial score (nSPS) is 12.9. The van der Waals surface area contributed by atoms with E-state index >= 15 is 4.57 Å². The third-order valence-corrected chi connectivity index (χ3v) is 10.9. The Labute approximate surface area is 203 Å². The SMILES string of the molecule is Cc1ccc(S(=O)(=O)NC(c2ccc(Br)cc2)P(=O)(c2ccccc2)c2ccccc2)cc1. The van der Waals surface area contributed by atoms with Gasteiger partial charge in [0.2, 0.25) is 10.0 Å². The van der Waals surface area contributed by atoms with Gasteiger partial charge in [-0.05, 0) is 36.8 Å². The number of rotatable bonds is 7. The molecule has 33 heavy (non-hydrogen) atoms. The van der Waals surface area contributed by atoms with E-state index < -0.39 is 22.9 Å². The molecule has 0 saturated carbocycles. The van der Waals surface area contributed by atoms with Crippen LogP contribution >= 0.6 is 23.1 Å². The Hall–Kier alpha value is -2.50. The van der Waals surface area contributed by atoms with Gasteiger partial charge < -0.3 is 4.57 Å². The maximum atomic E-state index is 15.0. The Bertz CT molecular complexity index is 1330. The number of hydrogen-bond acceptors (Lipinski definition) is 3. The predicted octanol–water partition coefficient (Wildman–Crippen LogP) is 5.75. The first-order valence-electron chi connectivity index (χ1n) is 10.4. The molecule has 168 valence electrons. The van der Waals surface area contributed by atoms with Crippen molar-refractivity contribution in [1.82, 2.24) is 4.72 Å². The van der Waals surface area contributed by atoms with Gasteiger partial charge in [-0.15, -0.1) is 0 Å². The minimum atomic E-state index is -3.97. The van der Waals surface area contributed by atoms with E-state index in [1.807, 2.05) is 55.5 Å². The molecule has 0 fully saturated rings. The third-order valence-electron chi connectivity index (χ3n) is 5.43. The van der Waals surface area contributed by atoms with Crippen LogP contribution in [-0.2, 0) is 14.6 Å². The molecule has 1 atom stereocenters. The van der Waals surface area contributed by atoms with Gasteiger partial charge in [0.15, 0.2) is 7.14 Å². The highest BCUT2D eigenvalue weighted by atomic mass is 79.9. The van der Waals surface area contributed by atoms with Crippen molar-refractivity contribution in [2.45, 2.75) is 17.6 Å². The molecule has 4 rings (SSSR count). The van der Waals surface area contributed by atoms with Crippen molar-refractivity contribution in [3.05, 3.63) is 125 Å². The van der Waals surface area contributed by atoms with Crippen molar-refractivity contribution in [1.29, 1.82) is 0 Å². The first-order chi connectivity index (χ1) is 15.8. The summed E-state index contributed by atoms with van der Waals surface area (Å²) in [5.74, 6) is -0.998. The number of aryl methyl sites for hydroxylation is 1. The van der Waals surface area contributed by atoms with E-state index in [2.05, 4.69) is 20.7 Å². The summed E-state index contributed by atoms with van der Waals surface area (Å²) in [4.78, 5) is 0.128. The highest BCUT2D eigenvalue weighted by Gasteiger charge is 2.40. The van der Waals surface area contributed by atoms with E-state index in [-0.39, 0.29) is 4.90 Å². The Morgan fingerprint density at radius 1 is 0.727 bits per heavy atom. The van der Waals surface area contributed by atoms with Gasteiger partial charge in [-0.25, -0.2) is 8.42 Å². The van der Waals surface area contributed by atoms with E-state index in [0.29, 0.717) is 16.2 Å². The summed E-state index contributed by atoms with van der Waals surface area (Å²) in [5.41, 5.74) is 1.57. The summed E-state index contributed by atoms with van der Waals surface area (Å²) in [6, 6.07) is 32.0. The summed E-state index contributed by atoms with van der Waals surface area (Å²) in [6.45, 7) is 1.90. The van der Waals surface area contributed by atoms with Crippen molar-refractivity contribution in [2.75, 3.05) is 0 Å². The predicted molar refractivity (Wildman–Crippen MR) is 138 cm³/mol. The van der Waals surface area contributed by atoms with Gasteiger partial charge in [-0.3, -0.25) is 0 Å². The van der Waals surface area contributed by atoms with Gasteiger partial charge in [0, 0.05) is 15.1 Å². The monoisotopic (exact) mass is 539 g/mol. The lowest BCUT2D eigenvalue weighted by Crippen LogP contribution is -2.34. The molecular formula is C26H23BrNO3PS. The van der Waals surface area contributed by atoms with Crippen LogP contribution in [0.1, 0.15) is 16.9 Å².